The molecule has 20 heavy (non-hydrogen) atoms. The molecule has 0 spiro atoms. The minimum absolute atomic E-state index is 0.109. The Kier molecular flexibility index (Phi) is 4.14. The zero-order chi connectivity index (χ0) is 14.7. The largest absolute Gasteiger partial charge is 0.465 e. The second-order valence-electron chi connectivity index (χ2n) is 4.72. The van der Waals surface area contributed by atoms with Gasteiger partial charge in [0.2, 0.25) is 0 Å². The van der Waals surface area contributed by atoms with Crippen LogP contribution in [-0.4, -0.2) is 43.0 Å². The average molecular weight is 276 g/mol. The zero-order valence-corrected chi connectivity index (χ0v) is 11.5. The van der Waals surface area contributed by atoms with E-state index in [-0.39, 0.29) is 11.3 Å². The Morgan fingerprint density at radius 2 is 2.20 bits per heavy atom. The van der Waals surface area contributed by atoms with Gasteiger partial charge in [0.25, 0.3) is 5.69 Å². The maximum atomic E-state index is 11.8. The molecule has 0 unspecified atom stereocenters. The molecule has 1 heterocycles. The third-order valence-electron chi connectivity index (χ3n) is 3.38. The number of nitro groups is 1. The van der Waals surface area contributed by atoms with Crippen LogP contribution in [0.3, 0.4) is 0 Å². The van der Waals surface area contributed by atoms with Gasteiger partial charge in [-0.15, -0.1) is 0 Å². The molecule has 6 nitrogen and oxygen atoms in total. The molecule has 0 saturated carbocycles. The van der Waals surface area contributed by atoms with E-state index in [2.05, 4.69) is 4.90 Å². The van der Waals surface area contributed by atoms with Crippen LogP contribution in [0.5, 0.6) is 0 Å². The number of ether oxygens (including phenoxy) is 1. The predicted octanol–water partition coefficient (Wildman–Crippen LogP) is 2.10. The highest BCUT2D eigenvalue weighted by molar-refractivity contribution is 5.96. The van der Waals surface area contributed by atoms with Crippen LogP contribution in [0.1, 0.15) is 22.3 Å². The molecule has 0 bridgehead atoms. The van der Waals surface area contributed by atoms with E-state index in [1.54, 1.807) is 6.07 Å². The number of nitro benzene ring substituents is 1. The van der Waals surface area contributed by atoms with Gasteiger partial charge in [0.15, 0.2) is 0 Å². The lowest BCUT2D eigenvalue weighted by atomic mass is 9.94. The van der Waals surface area contributed by atoms with E-state index in [0.717, 1.165) is 30.6 Å². The van der Waals surface area contributed by atoms with Crippen molar-refractivity contribution in [3.63, 3.8) is 0 Å². The number of likely N-dealkylation sites (N-methyl/N-ethyl adjacent to an activating group) is 1. The second-order valence-corrected chi connectivity index (χ2v) is 4.72. The van der Waals surface area contributed by atoms with Crippen molar-refractivity contribution in [3.05, 3.63) is 45.5 Å². The minimum atomic E-state index is -0.552. The van der Waals surface area contributed by atoms with Gasteiger partial charge >= 0.3 is 5.97 Å². The van der Waals surface area contributed by atoms with Gasteiger partial charge in [0.05, 0.1) is 17.6 Å². The molecule has 1 aliphatic heterocycles. The lowest BCUT2D eigenvalue weighted by Crippen LogP contribution is -2.24. The Bertz CT molecular complexity index is 581. The molecular formula is C14H16N2O4. The average Bonchev–Trinajstić information content (AvgIpc) is 2.46. The number of non-ortho nitro benzene ring substituents is 1. The van der Waals surface area contributed by atoms with E-state index in [9.17, 15) is 14.9 Å². The van der Waals surface area contributed by atoms with Crippen molar-refractivity contribution in [2.24, 2.45) is 0 Å². The van der Waals surface area contributed by atoms with Crippen LogP contribution in [0.25, 0.3) is 5.57 Å². The highest BCUT2D eigenvalue weighted by atomic mass is 16.6. The van der Waals surface area contributed by atoms with Crippen molar-refractivity contribution in [1.82, 2.24) is 4.90 Å². The monoisotopic (exact) mass is 276 g/mol. The van der Waals surface area contributed by atoms with Crippen molar-refractivity contribution in [2.45, 2.75) is 6.42 Å². The Hall–Kier alpha value is -2.21. The summed E-state index contributed by atoms with van der Waals surface area (Å²) in [6.07, 6.45) is 2.84. The number of hydrogen-bond acceptors (Lipinski definition) is 5. The number of hydrogen-bond donors (Lipinski definition) is 0. The van der Waals surface area contributed by atoms with Crippen LogP contribution < -0.4 is 0 Å². The van der Waals surface area contributed by atoms with E-state index in [0.29, 0.717) is 0 Å². The Morgan fingerprint density at radius 1 is 1.45 bits per heavy atom. The summed E-state index contributed by atoms with van der Waals surface area (Å²) in [7, 11) is 3.29. The first kappa shape index (κ1) is 14.2. The molecule has 0 N–H and O–H groups in total. The van der Waals surface area contributed by atoms with Crippen LogP contribution in [0, 0.1) is 10.1 Å². The molecule has 6 heteroatoms. The molecule has 0 amide bonds. The molecule has 0 atom stereocenters. The Morgan fingerprint density at radius 3 is 2.75 bits per heavy atom. The third-order valence-corrected chi connectivity index (χ3v) is 3.38. The molecule has 0 aliphatic carbocycles. The van der Waals surface area contributed by atoms with Gasteiger partial charge in [-0.25, -0.2) is 4.79 Å². The molecular weight excluding hydrogens is 260 g/mol. The van der Waals surface area contributed by atoms with Gasteiger partial charge in [-0.2, -0.15) is 0 Å². The number of benzene rings is 1. The lowest BCUT2D eigenvalue weighted by molar-refractivity contribution is -0.384. The quantitative estimate of drug-likeness (QED) is 0.480. The number of methoxy groups -OCH3 is 1. The Balaban J connectivity index is 2.47. The number of esters is 1. The van der Waals surface area contributed by atoms with E-state index >= 15 is 0 Å². The first-order chi connectivity index (χ1) is 9.52. The highest BCUT2D eigenvalue weighted by Crippen LogP contribution is 2.28. The fourth-order valence-corrected chi connectivity index (χ4v) is 2.22. The molecule has 1 aromatic carbocycles. The predicted molar refractivity (Wildman–Crippen MR) is 74.5 cm³/mol. The van der Waals surface area contributed by atoms with Crippen molar-refractivity contribution in [3.8, 4) is 0 Å². The summed E-state index contributed by atoms with van der Waals surface area (Å²) >= 11 is 0. The minimum Gasteiger partial charge on any atom is -0.465 e. The zero-order valence-electron chi connectivity index (χ0n) is 11.5. The topological polar surface area (TPSA) is 72.7 Å². The van der Waals surface area contributed by atoms with Crippen molar-refractivity contribution >= 4 is 17.2 Å². The van der Waals surface area contributed by atoms with E-state index < -0.39 is 10.9 Å². The first-order valence-electron chi connectivity index (χ1n) is 6.27. The normalized spacial score (nSPS) is 15.6. The fraction of sp³-hybridized carbons (Fsp3) is 0.357. The van der Waals surface area contributed by atoms with Crippen molar-refractivity contribution in [2.75, 3.05) is 27.2 Å². The van der Waals surface area contributed by atoms with Crippen LogP contribution in [-0.2, 0) is 4.74 Å². The molecule has 0 saturated heterocycles. The summed E-state index contributed by atoms with van der Waals surface area (Å²) < 4.78 is 4.72. The molecule has 2 rings (SSSR count). The smallest absolute Gasteiger partial charge is 0.338 e. The molecule has 0 fully saturated rings. The third kappa shape index (κ3) is 2.85. The molecule has 0 radical (unpaired) electrons. The standard InChI is InChI=1S/C14H16N2O4/c1-15-7-5-10(6-8-15)12-4-3-11(16(18)19)9-13(12)14(17)20-2/h3-5,9H,6-8H2,1-2H3. The summed E-state index contributed by atoms with van der Waals surface area (Å²) in [4.78, 5) is 24.3. The van der Waals surface area contributed by atoms with Crippen molar-refractivity contribution < 1.29 is 14.5 Å². The number of rotatable bonds is 3. The summed E-state index contributed by atoms with van der Waals surface area (Å²) in [5.74, 6) is -0.552. The van der Waals surface area contributed by atoms with Crippen molar-refractivity contribution in [1.29, 1.82) is 0 Å². The molecule has 1 aliphatic rings. The highest BCUT2D eigenvalue weighted by Gasteiger charge is 2.20. The molecule has 106 valence electrons. The molecule has 1 aromatic rings. The van der Waals surface area contributed by atoms with Crippen LogP contribution in [0.15, 0.2) is 24.3 Å². The number of carbonyl (C=O) groups excluding carboxylic acids is 1. The van der Waals surface area contributed by atoms with E-state index in [1.165, 1.54) is 19.2 Å². The van der Waals surface area contributed by atoms with Crippen LogP contribution in [0.2, 0.25) is 0 Å². The maximum Gasteiger partial charge on any atom is 0.338 e. The first-order valence-corrected chi connectivity index (χ1v) is 6.27. The van der Waals surface area contributed by atoms with Gasteiger partial charge in [0.1, 0.15) is 0 Å². The van der Waals surface area contributed by atoms with E-state index in [4.69, 9.17) is 4.74 Å². The summed E-state index contributed by atoms with van der Waals surface area (Å²) in [6, 6.07) is 4.32. The maximum absolute atomic E-state index is 11.8. The summed E-state index contributed by atoms with van der Waals surface area (Å²) in [5, 5.41) is 10.8. The van der Waals surface area contributed by atoms with Gasteiger partial charge in [-0.05, 0) is 30.7 Å². The second kappa shape index (κ2) is 5.83. The SMILES string of the molecule is COC(=O)c1cc([N+](=O)[O-])ccc1C1=CCN(C)CC1. The number of nitrogens with zero attached hydrogens (tertiary/aromatic N) is 2. The van der Waals surface area contributed by atoms with E-state index in [1.807, 2.05) is 13.1 Å². The summed E-state index contributed by atoms with van der Waals surface area (Å²) in [6.45, 7) is 1.69. The molecule has 0 aromatic heterocycles. The lowest BCUT2D eigenvalue weighted by Gasteiger charge is -2.23. The van der Waals surface area contributed by atoms with Crippen LogP contribution in [0.4, 0.5) is 5.69 Å². The van der Waals surface area contributed by atoms with Gasteiger partial charge in [0, 0.05) is 25.2 Å². The summed E-state index contributed by atoms with van der Waals surface area (Å²) in [5.41, 5.74) is 1.88. The Labute approximate surface area is 116 Å². The van der Waals surface area contributed by atoms with Gasteiger partial charge < -0.3 is 9.64 Å². The van der Waals surface area contributed by atoms with Gasteiger partial charge in [-0.3, -0.25) is 10.1 Å². The van der Waals surface area contributed by atoms with Gasteiger partial charge in [-0.1, -0.05) is 6.08 Å². The fourth-order valence-electron chi connectivity index (χ4n) is 2.22. The number of carbonyl (C=O) groups is 1. The van der Waals surface area contributed by atoms with Crippen LogP contribution >= 0.6 is 0 Å².